The van der Waals surface area contributed by atoms with Crippen LogP contribution >= 0.6 is 46.0 Å². The Hall–Kier alpha value is 0.860. The molecule has 0 aromatic rings. The fourth-order valence-electron chi connectivity index (χ4n) is 0.885. The third kappa shape index (κ3) is 2.16. The average Bonchev–Trinajstić information content (AvgIpc) is 2.05. The van der Waals surface area contributed by atoms with E-state index in [-0.39, 0.29) is 11.7 Å². The molecule has 62 valence electrons. The van der Waals surface area contributed by atoms with E-state index in [4.69, 9.17) is 6.13 Å². The molecule has 0 spiro atoms. The number of allylic oxidation sites excluding steroid dienone is 2. The van der Waals surface area contributed by atoms with Crippen LogP contribution in [0.15, 0.2) is 24.3 Å². The summed E-state index contributed by atoms with van der Waals surface area (Å²) in [5, 5.41) is 0. The lowest BCUT2D eigenvalue weighted by Crippen LogP contribution is -2.37. The van der Waals surface area contributed by atoms with Gasteiger partial charge in [-0.3, -0.25) is 0 Å². The van der Waals surface area contributed by atoms with E-state index in [2.05, 4.69) is 0 Å². The molecule has 1 rings (SSSR count). The Kier molecular flexibility index (Phi) is 3.79. The summed E-state index contributed by atoms with van der Waals surface area (Å²) >= 11 is 3.78. The van der Waals surface area contributed by atoms with Crippen LogP contribution in [0.25, 0.3) is 0 Å². The van der Waals surface area contributed by atoms with Gasteiger partial charge in [0.15, 0.2) is 0 Å². The van der Waals surface area contributed by atoms with Crippen molar-refractivity contribution in [2.45, 2.75) is 18.6 Å². The van der Waals surface area contributed by atoms with Gasteiger partial charge in [-0.2, -0.15) is 0 Å². The average molecular weight is 378 g/mol. The second-order valence-electron chi connectivity index (χ2n) is 2.51. The van der Waals surface area contributed by atoms with Crippen LogP contribution in [0.3, 0.4) is 0 Å². The normalized spacial score (nSPS) is 36.1. The SMILES string of the molecule is CC1(OI)C=CC=CC1OI. The molecular weight excluding hydrogens is 370 g/mol. The number of hydrogen-bond donors (Lipinski definition) is 0. The second kappa shape index (κ2) is 4.20. The first-order valence-electron chi connectivity index (χ1n) is 3.16. The Morgan fingerprint density at radius 3 is 2.55 bits per heavy atom. The van der Waals surface area contributed by atoms with Crippen molar-refractivity contribution >= 4 is 46.0 Å². The van der Waals surface area contributed by atoms with E-state index < -0.39 is 0 Å². The molecule has 0 N–H and O–H groups in total. The maximum atomic E-state index is 5.28. The first-order chi connectivity index (χ1) is 5.23. The van der Waals surface area contributed by atoms with Crippen molar-refractivity contribution in [2.24, 2.45) is 0 Å². The molecule has 0 bridgehead atoms. The van der Waals surface area contributed by atoms with E-state index in [0.717, 1.165) is 0 Å². The minimum absolute atomic E-state index is 0.00463. The zero-order valence-corrected chi connectivity index (χ0v) is 10.3. The lowest BCUT2D eigenvalue weighted by Gasteiger charge is -2.29. The quantitative estimate of drug-likeness (QED) is 0.689. The summed E-state index contributed by atoms with van der Waals surface area (Å²) in [4.78, 5) is 0. The van der Waals surface area contributed by atoms with Crippen molar-refractivity contribution in [3.05, 3.63) is 24.3 Å². The van der Waals surface area contributed by atoms with Gasteiger partial charge in [-0.25, -0.2) is 0 Å². The van der Waals surface area contributed by atoms with Gasteiger partial charge in [-0.15, -0.1) is 0 Å². The molecule has 0 aromatic carbocycles. The summed E-state index contributed by atoms with van der Waals surface area (Å²) in [7, 11) is 0. The first kappa shape index (κ1) is 9.94. The number of hydrogen-bond acceptors (Lipinski definition) is 2. The standard InChI is InChI=1S/C7H8I2O2/c1-7(11-9)5-3-2-4-6(7)10-8/h2-6H,1H3. The van der Waals surface area contributed by atoms with Gasteiger partial charge in [0, 0.05) is 0 Å². The molecule has 4 heteroatoms. The highest BCUT2D eigenvalue weighted by molar-refractivity contribution is 14.1. The summed E-state index contributed by atoms with van der Waals surface area (Å²) in [6.07, 6.45) is 7.89. The highest BCUT2D eigenvalue weighted by Crippen LogP contribution is 2.28. The maximum absolute atomic E-state index is 5.28. The molecule has 2 nitrogen and oxygen atoms in total. The number of halogens is 2. The Balaban J connectivity index is 2.77. The smallest absolute Gasteiger partial charge is 0.127 e. The van der Waals surface area contributed by atoms with Gasteiger partial charge in [-0.05, 0) is 13.0 Å². The molecule has 2 unspecified atom stereocenters. The van der Waals surface area contributed by atoms with Crippen LogP contribution in [0.4, 0.5) is 0 Å². The monoisotopic (exact) mass is 378 g/mol. The predicted molar refractivity (Wildman–Crippen MR) is 60.7 cm³/mol. The minimum Gasteiger partial charge on any atom is -0.305 e. The fraction of sp³-hybridized carbons (Fsp3) is 0.429. The number of rotatable bonds is 2. The van der Waals surface area contributed by atoms with Gasteiger partial charge in [0.2, 0.25) is 0 Å². The lowest BCUT2D eigenvalue weighted by molar-refractivity contribution is 0.0987. The molecule has 1 aliphatic carbocycles. The summed E-state index contributed by atoms with van der Waals surface area (Å²) in [6, 6.07) is 0. The lowest BCUT2D eigenvalue weighted by atomic mass is 9.95. The maximum Gasteiger partial charge on any atom is 0.127 e. The van der Waals surface area contributed by atoms with Gasteiger partial charge in [0.1, 0.15) is 57.7 Å². The summed E-state index contributed by atoms with van der Waals surface area (Å²) in [5.41, 5.74) is -0.323. The van der Waals surface area contributed by atoms with Gasteiger partial charge in [0.25, 0.3) is 0 Å². The van der Waals surface area contributed by atoms with E-state index in [1.165, 1.54) is 0 Å². The van der Waals surface area contributed by atoms with Crippen molar-refractivity contribution in [1.82, 2.24) is 0 Å². The molecule has 0 aliphatic heterocycles. The van der Waals surface area contributed by atoms with E-state index in [9.17, 15) is 0 Å². The summed E-state index contributed by atoms with van der Waals surface area (Å²) in [6.45, 7) is 1.99. The summed E-state index contributed by atoms with van der Waals surface area (Å²) in [5.74, 6) is 0. The molecule has 1 aliphatic rings. The third-order valence-corrected chi connectivity index (χ3v) is 3.15. The van der Waals surface area contributed by atoms with Crippen LogP contribution in [0, 0.1) is 0 Å². The minimum atomic E-state index is -0.323. The molecular formula is C7H8I2O2. The molecule has 0 saturated heterocycles. The topological polar surface area (TPSA) is 18.5 Å². The van der Waals surface area contributed by atoms with E-state index >= 15 is 0 Å². The van der Waals surface area contributed by atoms with Crippen molar-refractivity contribution in [3.63, 3.8) is 0 Å². The zero-order valence-electron chi connectivity index (χ0n) is 5.96. The van der Waals surface area contributed by atoms with E-state index in [0.29, 0.717) is 0 Å². The van der Waals surface area contributed by atoms with Crippen LogP contribution < -0.4 is 0 Å². The molecule has 0 heterocycles. The third-order valence-electron chi connectivity index (χ3n) is 1.65. The fourth-order valence-corrected chi connectivity index (χ4v) is 1.96. The zero-order chi connectivity index (χ0) is 8.32. The molecule has 0 aromatic heterocycles. The van der Waals surface area contributed by atoms with E-state index in [1.807, 2.05) is 77.2 Å². The van der Waals surface area contributed by atoms with Crippen molar-refractivity contribution < 1.29 is 6.13 Å². The Morgan fingerprint density at radius 1 is 1.36 bits per heavy atom. The highest BCUT2D eigenvalue weighted by atomic mass is 127. The Bertz CT molecular complexity index is 191. The van der Waals surface area contributed by atoms with E-state index in [1.54, 1.807) is 0 Å². The van der Waals surface area contributed by atoms with Gasteiger partial charge >= 0.3 is 0 Å². The molecule has 2 atom stereocenters. The van der Waals surface area contributed by atoms with Gasteiger partial charge in [0.05, 0.1) is 0 Å². The highest BCUT2D eigenvalue weighted by Gasteiger charge is 2.32. The largest absolute Gasteiger partial charge is 0.305 e. The van der Waals surface area contributed by atoms with Crippen LogP contribution in [0.5, 0.6) is 0 Å². The molecule has 0 amide bonds. The Morgan fingerprint density at radius 2 is 2.09 bits per heavy atom. The molecule has 0 radical (unpaired) electrons. The second-order valence-corrected chi connectivity index (χ2v) is 3.46. The summed E-state index contributed by atoms with van der Waals surface area (Å²) < 4.78 is 10.5. The van der Waals surface area contributed by atoms with Crippen molar-refractivity contribution in [3.8, 4) is 0 Å². The molecule has 0 saturated carbocycles. The van der Waals surface area contributed by atoms with Gasteiger partial charge in [-0.1, -0.05) is 18.2 Å². The first-order valence-corrected chi connectivity index (χ1v) is 4.92. The van der Waals surface area contributed by atoms with Crippen LogP contribution in [-0.2, 0) is 6.13 Å². The van der Waals surface area contributed by atoms with Crippen LogP contribution in [-0.4, -0.2) is 11.7 Å². The van der Waals surface area contributed by atoms with Gasteiger partial charge < -0.3 is 6.13 Å². The van der Waals surface area contributed by atoms with Crippen molar-refractivity contribution in [2.75, 3.05) is 0 Å². The van der Waals surface area contributed by atoms with Crippen LogP contribution in [0.2, 0.25) is 0 Å². The predicted octanol–water partition coefficient (Wildman–Crippen LogP) is 2.97. The molecule has 0 fully saturated rings. The molecule has 11 heavy (non-hydrogen) atoms. The Labute approximate surface area is 94.4 Å². The van der Waals surface area contributed by atoms with Crippen molar-refractivity contribution in [1.29, 1.82) is 0 Å². The van der Waals surface area contributed by atoms with Crippen LogP contribution in [0.1, 0.15) is 6.92 Å².